The van der Waals surface area contributed by atoms with Crippen molar-refractivity contribution >= 4 is 11.8 Å². The van der Waals surface area contributed by atoms with Crippen LogP contribution in [-0.4, -0.2) is 16.9 Å². The molecule has 1 rings (SSSR count). The Balaban J connectivity index is 3.05. The second-order valence-corrected chi connectivity index (χ2v) is 3.52. The fraction of sp³-hybridized carbons (Fsp3) is 0.273. The van der Waals surface area contributed by atoms with Crippen LogP contribution in [0.1, 0.15) is 27.9 Å². The highest BCUT2D eigenvalue weighted by molar-refractivity contribution is 6.05. The third-order valence-electron chi connectivity index (χ3n) is 2.17. The molecular formula is C11H9F3O3. The first kappa shape index (κ1) is 13.2. The van der Waals surface area contributed by atoms with E-state index < -0.39 is 29.9 Å². The smallest absolute Gasteiger partial charge is 0.416 e. The highest BCUT2D eigenvalue weighted by atomic mass is 19.4. The van der Waals surface area contributed by atoms with E-state index >= 15 is 0 Å². The van der Waals surface area contributed by atoms with Crippen molar-refractivity contribution in [2.45, 2.75) is 19.5 Å². The largest absolute Gasteiger partial charge is 0.481 e. The molecule has 0 aromatic heterocycles. The Morgan fingerprint density at radius 3 is 2.29 bits per heavy atom. The summed E-state index contributed by atoms with van der Waals surface area (Å²) >= 11 is 0. The Morgan fingerprint density at radius 1 is 1.29 bits per heavy atom. The van der Waals surface area contributed by atoms with Gasteiger partial charge in [-0.05, 0) is 24.6 Å². The molecule has 1 aromatic rings. The maximum atomic E-state index is 12.4. The quantitative estimate of drug-likeness (QED) is 0.659. The molecule has 0 amide bonds. The number of carbonyl (C=O) groups is 2. The monoisotopic (exact) mass is 246 g/mol. The first-order chi connectivity index (χ1) is 7.71. The SMILES string of the molecule is Cc1cc(C(=O)CC(=O)O)ccc1C(F)(F)F. The fourth-order valence-corrected chi connectivity index (χ4v) is 1.39. The van der Waals surface area contributed by atoms with Gasteiger partial charge in [-0.3, -0.25) is 9.59 Å². The summed E-state index contributed by atoms with van der Waals surface area (Å²) < 4.78 is 37.2. The highest BCUT2D eigenvalue weighted by Crippen LogP contribution is 2.32. The normalized spacial score (nSPS) is 11.3. The zero-order valence-electron chi connectivity index (χ0n) is 8.84. The molecule has 0 unspecified atom stereocenters. The molecule has 0 saturated heterocycles. The molecule has 1 aromatic carbocycles. The molecule has 0 fully saturated rings. The number of alkyl halides is 3. The molecule has 0 heterocycles. The van der Waals surface area contributed by atoms with Crippen LogP contribution in [-0.2, 0) is 11.0 Å². The number of hydrogen-bond donors (Lipinski definition) is 1. The van der Waals surface area contributed by atoms with E-state index in [9.17, 15) is 22.8 Å². The van der Waals surface area contributed by atoms with Crippen molar-refractivity contribution in [2.24, 2.45) is 0 Å². The molecule has 6 heteroatoms. The second-order valence-electron chi connectivity index (χ2n) is 3.52. The van der Waals surface area contributed by atoms with Gasteiger partial charge in [0, 0.05) is 5.56 Å². The molecule has 0 aliphatic carbocycles. The number of benzene rings is 1. The molecule has 1 N–H and O–H groups in total. The van der Waals surface area contributed by atoms with Crippen LogP contribution in [0.15, 0.2) is 18.2 Å². The molecule has 0 radical (unpaired) electrons. The molecule has 0 aliphatic heterocycles. The van der Waals surface area contributed by atoms with E-state index in [0.717, 1.165) is 18.2 Å². The molecule has 17 heavy (non-hydrogen) atoms. The molecule has 3 nitrogen and oxygen atoms in total. The Labute approximate surface area is 94.9 Å². The Morgan fingerprint density at radius 2 is 1.88 bits per heavy atom. The van der Waals surface area contributed by atoms with Crippen molar-refractivity contribution in [2.75, 3.05) is 0 Å². The van der Waals surface area contributed by atoms with Crippen molar-refractivity contribution in [1.82, 2.24) is 0 Å². The van der Waals surface area contributed by atoms with Crippen LogP contribution >= 0.6 is 0 Å². The minimum atomic E-state index is -4.47. The molecule has 0 atom stereocenters. The summed E-state index contributed by atoms with van der Waals surface area (Å²) in [7, 11) is 0. The zero-order valence-corrected chi connectivity index (χ0v) is 8.84. The molecule has 0 saturated carbocycles. The standard InChI is InChI=1S/C11H9F3O3/c1-6-4-7(9(15)5-10(16)17)2-3-8(6)11(12,13)14/h2-4H,5H2,1H3,(H,16,17). The number of Topliss-reactive ketones (excluding diaryl/α,β-unsaturated/α-hetero) is 1. The summed E-state index contributed by atoms with van der Waals surface area (Å²) in [4.78, 5) is 21.6. The van der Waals surface area contributed by atoms with E-state index in [-0.39, 0.29) is 11.1 Å². The van der Waals surface area contributed by atoms with E-state index in [4.69, 9.17) is 5.11 Å². The predicted octanol–water partition coefficient (Wildman–Crippen LogP) is 2.67. The van der Waals surface area contributed by atoms with Crippen molar-refractivity contribution in [1.29, 1.82) is 0 Å². The third-order valence-corrected chi connectivity index (χ3v) is 2.17. The first-order valence-corrected chi connectivity index (χ1v) is 4.64. The van der Waals surface area contributed by atoms with E-state index in [2.05, 4.69) is 0 Å². The average Bonchev–Trinajstić information content (AvgIpc) is 2.14. The van der Waals surface area contributed by atoms with Crippen molar-refractivity contribution in [3.63, 3.8) is 0 Å². The lowest BCUT2D eigenvalue weighted by molar-refractivity contribution is -0.138. The predicted molar refractivity (Wildman–Crippen MR) is 52.8 cm³/mol. The number of ketones is 1. The molecular weight excluding hydrogens is 237 g/mol. The maximum Gasteiger partial charge on any atom is 0.416 e. The third kappa shape index (κ3) is 3.30. The average molecular weight is 246 g/mol. The van der Waals surface area contributed by atoms with Gasteiger partial charge in [0.1, 0.15) is 6.42 Å². The van der Waals surface area contributed by atoms with Gasteiger partial charge >= 0.3 is 12.1 Å². The van der Waals surface area contributed by atoms with Crippen LogP contribution in [0, 0.1) is 6.92 Å². The first-order valence-electron chi connectivity index (χ1n) is 4.64. The van der Waals surface area contributed by atoms with Crippen LogP contribution in [0.2, 0.25) is 0 Å². The van der Waals surface area contributed by atoms with Crippen molar-refractivity contribution in [3.05, 3.63) is 34.9 Å². The van der Waals surface area contributed by atoms with Crippen LogP contribution in [0.3, 0.4) is 0 Å². The number of halogens is 3. The lowest BCUT2D eigenvalue weighted by Gasteiger charge is -2.10. The zero-order chi connectivity index (χ0) is 13.2. The number of aliphatic carboxylic acids is 1. The second kappa shape index (κ2) is 4.57. The van der Waals surface area contributed by atoms with Gasteiger partial charge in [0.05, 0.1) is 5.56 Å². The summed E-state index contributed by atoms with van der Waals surface area (Å²) in [6, 6.07) is 2.82. The van der Waals surface area contributed by atoms with Gasteiger partial charge in [-0.1, -0.05) is 6.07 Å². The summed E-state index contributed by atoms with van der Waals surface area (Å²) in [6.07, 6.45) is -5.21. The topological polar surface area (TPSA) is 54.4 Å². The Bertz CT molecular complexity index is 464. The van der Waals surface area contributed by atoms with Gasteiger partial charge in [-0.25, -0.2) is 0 Å². The number of hydrogen-bond acceptors (Lipinski definition) is 2. The molecule has 0 aliphatic rings. The Hall–Kier alpha value is -1.85. The van der Waals surface area contributed by atoms with Crippen molar-refractivity contribution in [3.8, 4) is 0 Å². The highest BCUT2D eigenvalue weighted by Gasteiger charge is 2.32. The number of carboxylic acids is 1. The van der Waals surface area contributed by atoms with Gasteiger partial charge < -0.3 is 5.11 Å². The number of aryl methyl sites for hydroxylation is 1. The lowest BCUT2D eigenvalue weighted by Crippen LogP contribution is -2.11. The minimum absolute atomic E-state index is 0.0297. The van der Waals surface area contributed by atoms with Gasteiger partial charge in [0.2, 0.25) is 0 Å². The fourth-order valence-electron chi connectivity index (χ4n) is 1.39. The number of carboxylic acid groups (broad SMARTS) is 1. The minimum Gasteiger partial charge on any atom is -0.481 e. The van der Waals surface area contributed by atoms with E-state index in [1.807, 2.05) is 0 Å². The van der Waals surface area contributed by atoms with Crippen LogP contribution < -0.4 is 0 Å². The van der Waals surface area contributed by atoms with E-state index in [1.165, 1.54) is 6.92 Å². The van der Waals surface area contributed by atoms with Gasteiger partial charge in [0.15, 0.2) is 5.78 Å². The number of carbonyl (C=O) groups excluding carboxylic acids is 1. The molecule has 0 spiro atoms. The molecule has 92 valence electrons. The Kier molecular flexibility index (Phi) is 3.55. The van der Waals surface area contributed by atoms with Crippen molar-refractivity contribution < 1.29 is 27.9 Å². The summed E-state index contributed by atoms with van der Waals surface area (Å²) in [5.41, 5.74) is -0.962. The van der Waals surface area contributed by atoms with Crippen LogP contribution in [0.25, 0.3) is 0 Å². The summed E-state index contributed by atoms with van der Waals surface area (Å²) in [5.74, 6) is -2.03. The van der Waals surface area contributed by atoms with Gasteiger partial charge in [-0.15, -0.1) is 0 Å². The molecule has 0 bridgehead atoms. The number of rotatable bonds is 3. The van der Waals surface area contributed by atoms with Gasteiger partial charge in [-0.2, -0.15) is 13.2 Å². The summed E-state index contributed by atoms with van der Waals surface area (Å²) in [6.45, 7) is 1.22. The van der Waals surface area contributed by atoms with Gasteiger partial charge in [0.25, 0.3) is 0 Å². The van der Waals surface area contributed by atoms with Crippen LogP contribution in [0.5, 0.6) is 0 Å². The van der Waals surface area contributed by atoms with E-state index in [0.29, 0.717) is 0 Å². The maximum absolute atomic E-state index is 12.4. The van der Waals surface area contributed by atoms with E-state index in [1.54, 1.807) is 0 Å². The van der Waals surface area contributed by atoms with Crippen LogP contribution in [0.4, 0.5) is 13.2 Å². The summed E-state index contributed by atoms with van der Waals surface area (Å²) in [5, 5.41) is 8.40. The lowest BCUT2D eigenvalue weighted by atomic mass is 10.0.